The molecule has 0 heterocycles. The van der Waals surface area contributed by atoms with E-state index in [9.17, 15) is 14.4 Å². The topological polar surface area (TPSA) is 108 Å². The molecule has 0 unspecified atom stereocenters. The van der Waals surface area contributed by atoms with E-state index in [0.29, 0.717) is 11.3 Å². The quantitative estimate of drug-likeness (QED) is 0.609. The minimum Gasteiger partial charge on any atom is -0.378 e. The highest BCUT2D eigenvalue weighted by molar-refractivity contribution is 6.39. The molecule has 8 nitrogen and oxygen atoms in total. The van der Waals surface area contributed by atoms with Gasteiger partial charge in [-0.2, -0.15) is 0 Å². The molecule has 0 aliphatic rings. The van der Waals surface area contributed by atoms with Crippen molar-refractivity contribution in [1.82, 2.24) is 10.2 Å². The molecule has 29 heavy (non-hydrogen) atoms. The first-order valence-electron chi connectivity index (χ1n) is 9.11. The Hall–Kier alpha value is -3.39. The third-order valence-electron chi connectivity index (χ3n) is 4.51. The summed E-state index contributed by atoms with van der Waals surface area (Å²) in [7, 11) is 7.77. The maximum atomic E-state index is 12.2. The number of hydrogen-bond donors (Lipinski definition) is 3. The number of likely N-dealkylation sites (N-methyl/N-ethyl adjacent to an activating group) is 1. The van der Waals surface area contributed by atoms with E-state index in [1.165, 1.54) is 24.3 Å². The maximum absolute atomic E-state index is 12.2. The van der Waals surface area contributed by atoms with Gasteiger partial charge in [0.05, 0.1) is 6.04 Å². The van der Waals surface area contributed by atoms with Gasteiger partial charge in [-0.25, -0.2) is 0 Å². The predicted octanol–water partition coefficient (Wildman–Crippen LogP) is 1.21. The molecular formula is C21H27N5O3. The fourth-order valence-electron chi connectivity index (χ4n) is 2.77. The molecule has 2 rings (SSSR count). The molecule has 1 atom stereocenters. The Kier molecular flexibility index (Phi) is 7.33. The number of carbonyl (C=O) groups is 3. The summed E-state index contributed by atoms with van der Waals surface area (Å²) in [5.74, 6) is -2.08. The summed E-state index contributed by atoms with van der Waals surface area (Å²) in [5.41, 5.74) is 8.01. The normalized spacial score (nSPS) is 11.6. The molecule has 0 fully saturated rings. The van der Waals surface area contributed by atoms with Crippen molar-refractivity contribution < 1.29 is 14.4 Å². The van der Waals surface area contributed by atoms with Crippen LogP contribution in [0.3, 0.4) is 0 Å². The number of amides is 3. The molecule has 0 aliphatic heterocycles. The van der Waals surface area contributed by atoms with Crippen molar-refractivity contribution >= 4 is 29.1 Å². The van der Waals surface area contributed by atoms with Crippen LogP contribution in [0.2, 0.25) is 0 Å². The summed E-state index contributed by atoms with van der Waals surface area (Å²) < 4.78 is 0. The number of hydrogen-bond acceptors (Lipinski definition) is 5. The lowest BCUT2D eigenvalue weighted by atomic mass is 10.1. The Balaban J connectivity index is 1.97. The van der Waals surface area contributed by atoms with Crippen LogP contribution >= 0.6 is 0 Å². The van der Waals surface area contributed by atoms with Crippen LogP contribution < -0.4 is 21.3 Å². The van der Waals surface area contributed by atoms with E-state index in [0.717, 1.165) is 11.3 Å². The number of nitrogens with zero attached hydrogens (tertiary/aromatic N) is 2. The lowest BCUT2D eigenvalue weighted by Gasteiger charge is -2.25. The molecule has 0 aliphatic carbocycles. The molecule has 3 amide bonds. The summed E-state index contributed by atoms with van der Waals surface area (Å²) in [4.78, 5) is 39.4. The van der Waals surface area contributed by atoms with Crippen molar-refractivity contribution in [2.45, 2.75) is 6.04 Å². The fourth-order valence-corrected chi connectivity index (χ4v) is 2.77. The summed E-state index contributed by atoms with van der Waals surface area (Å²) in [6, 6.07) is 13.9. The number of rotatable bonds is 7. The highest BCUT2D eigenvalue weighted by atomic mass is 16.2. The number of carbonyl (C=O) groups excluding carboxylic acids is 3. The van der Waals surface area contributed by atoms with Crippen LogP contribution in [-0.2, 0) is 9.59 Å². The fraction of sp³-hybridized carbons (Fsp3) is 0.286. The average Bonchev–Trinajstić information content (AvgIpc) is 2.68. The largest absolute Gasteiger partial charge is 0.378 e. The number of anilines is 2. The van der Waals surface area contributed by atoms with Gasteiger partial charge in [-0.05, 0) is 56.1 Å². The summed E-state index contributed by atoms with van der Waals surface area (Å²) >= 11 is 0. The van der Waals surface area contributed by atoms with Gasteiger partial charge in [0.15, 0.2) is 0 Å². The van der Waals surface area contributed by atoms with Gasteiger partial charge < -0.3 is 26.2 Å². The SMILES string of the molecule is CN(C)c1ccc([C@H](CNC(=O)C(=O)Nc2ccc(C(N)=O)cc2)N(C)C)cc1. The Bertz CT molecular complexity index is 861. The van der Waals surface area contributed by atoms with E-state index in [1.54, 1.807) is 0 Å². The molecule has 2 aromatic rings. The van der Waals surface area contributed by atoms with E-state index in [-0.39, 0.29) is 12.6 Å². The lowest BCUT2D eigenvalue weighted by molar-refractivity contribution is -0.136. The second kappa shape index (κ2) is 9.70. The number of nitrogens with two attached hydrogens (primary N) is 1. The molecule has 0 radical (unpaired) electrons. The smallest absolute Gasteiger partial charge is 0.313 e. The molecule has 0 saturated carbocycles. The third-order valence-corrected chi connectivity index (χ3v) is 4.51. The zero-order valence-electron chi connectivity index (χ0n) is 17.1. The van der Waals surface area contributed by atoms with Crippen molar-refractivity contribution in [3.05, 3.63) is 59.7 Å². The van der Waals surface area contributed by atoms with Crippen molar-refractivity contribution in [2.75, 3.05) is 45.0 Å². The Morgan fingerprint density at radius 1 is 0.897 bits per heavy atom. The van der Waals surface area contributed by atoms with Gasteiger partial charge in [-0.15, -0.1) is 0 Å². The Labute approximate surface area is 170 Å². The first-order chi connectivity index (χ1) is 13.7. The molecule has 0 aromatic heterocycles. The predicted molar refractivity (Wildman–Crippen MR) is 114 cm³/mol. The molecule has 154 valence electrons. The van der Waals surface area contributed by atoms with Crippen LogP contribution in [0.4, 0.5) is 11.4 Å². The second-order valence-electron chi connectivity index (χ2n) is 7.07. The van der Waals surface area contributed by atoms with Crippen molar-refractivity contribution in [3.63, 3.8) is 0 Å². The van der Waals surface area contributed by atoms with Crippen LogP contribution in [0.5, 0.6) is 0 Å². The lowest BCUT2D eigenvalue weighted by Crippen LogP contribution is -2.40. The van der Waals surface area contributed by atoms with Crippen molar-refractivity contribution in [2.24, 2.45) is 5.73 Å². The molecule has 4 N–H and O–H groups in total. The van der Waals surface area contributed by atoms with E-state index in [2.05, 4.69) is 10.6 Å². The summed E-state index contributed by atoms with van der Waals surface area (Å²) in [6.45, 7) is 0.279. The first kappa shape index (κ1) is 21.9. The molecular weight excluding hydrogens is 370 g/mol. The van der Waals surface area contributed by atoms with Crippen molar-refractivity contribution in [3.8, 4) is 0 Å². The van der Waals surface area contributed by atoms with Gasteiger partial charge in [0.2, 0.25) is 5.91 Å². The zero-order valence-corrected chi connectivity index (χ0v) is 17.1. The number of nitrogens with one attached hydrogen (secondary N) is 2. The van der Waals surface area contributed by atoms with Gasteiger partial charge >= 0.3 is 11.8 Å². The van der Waals surface area contributed by atoms with Gasteiger partial charge in [0, 0.05) is 37.6 Å². The Morgan fingerprint density at radius 2 is 1.48 bits per heavy atom. The van der Waals surface area contributed by atoms with Gasteiger partial charge in [0.1, 0.15) is 0 Å². The molecule has 0 spiro atoms. The first-order valence-corrected chi connectivity index (χ1v) is 9.11. The maximum Gasteiger partial charge on any atom is 0.313 e. The summed E-state index contributed by atoms with van der Waals surface area (Å²) in [5, 5.41) is 5.17. The van der Waals surface area contributed by atoms with Crippen LogP contribution in [-0.4, -0.2) is 57.4 Å². The van der Waals surface area contributed by atoms with Crippen LogP contribution in [0.25, 0.3) is 0 Å². The van der Waals surface area contributed by atoms with Crippen LogP contribution in [0.1, 0.15) is 22.0 Å². The van der Waals surface area contributed by atoms with Gasteiger partial charge in [-0.3, -0.25) is 14.4 Å². The number of primary amides is 1. The second-order valence-corrected chi connectivity index (χ2v) is 7.07. The van der Waals surface area contributed by atoms with E-state index in [4.69, 9.17) is 5.73 Å². The van der Waals surface area contributed by atoms with Gasteiger partial charge in [0.25, 0.3) is 0 Å². The third kappa shape index (κ3) is 6.05. The highest BCUT2D eigenvalue weighted by Gasteiger charge is 2.19. The molecule has 0 bridgehead atoms. The number of benzene rings is 2. The highest BCUT2D eigenvalue weighted by Crippen LogP contribution is 2.21. The molecule has 2 aromatic carbocycles. The standard InChI is InChI=1S/C21H27N5O3/c1-25(2)17-11-7-14(8-12-17)18(26(3)4)13-23-20(28)21(29)24-16-9-5-15(6-10-16)19(22)27/h5-12,18H,13H2,1-4H3,(H2,22,27)(H,23,28)(H,24,29)/t18-/m0/s1. The minimum absolute atomic E-state index is 0.0854. The van der Waals surface area contributed by atoms with Crippen LogP contribution in [0.15, 0.2) is 48.5 Å². The van der Waals surface area contributed by atoms with Gasteiger partial charge in [-0.1, -0.05) is 12.1 Å². The zero-order chi connectivity index (χ0) is 21.6. The van der Waals surface area contributed by atoms with E-state index >= 15 is 0 Å². The van der Waals surface area contributed by atoms with Crippen LogP contribution in [0, 0.1) is 0 Å². The van der Waals surface area contributed by atoms with Crippen molar-refractivity contribution in [1.29, 1.82) is 0 Å². The summed E-state index contributed by atoms with van der Waals surface area (Å²) in [6.07, 6.45) is 0. The van der Waals surface area contributed by atoms with E-state index < -0.39 is 17.7 Å². The average molecular weight is 397 g/mol. The molecule has 8 heteroatoms. The monoisotopic (exact) mass is 397 g/mol. The molecule has 0 saturated heterocycles. The van der Waals surface area contributed by atoms with E-state index in [1.807, 2.05) is 62.3 Å². The Morgan fingerprint density at radius 3 is 1.97 bits per heavy atom. The minimum atomic E-state index is -0.780.